The van der Waals surface area contributed by atoms with E-state index < -0.39 is 18.5 Å². The number of hydrogen-bond acceptors (Lipinski definition) is 6. The molecular weight excluding hydrogens is 456 g/mol. The molecule has 8 nitrogen and oxygen atoms in total. The Morgan fingerprint density at radius 3 is 2.36 bits per heavy atom. The lowest BCUT2D eigenvalue weighted by atomic mass is 10.1. The van der Waals surface area contributed by atoms with E-state index in [-0.39, 0.29) is 18.5 Å². The van der Waals surface area contributed by atoms with Gasteiger partial charge in [-0.2, -0.15) is 10.5 Å². The molecule has 0 saturated carbocycles. The van der Waals surface area contributed by atoms with Crippen LogP contribution in [0.3, 0.4) is 0 Å². The Labute approximate surface area is 210 Å². The van der Waals surface area contributed by atoms with Crippen molar-refractivity contribution in [1.82, 2.24) is 4.57 Å². The Morgan fingerprint density at radius 2 is 1.75 bits per heavy atom. The summed E-state index contributed by atoms with van der Waals surface area (Å²) in [5.41, 5.74) is 3.72. The predicted molar refractivity (Wildman–Crippen MR) is 135 cm³/mol. The van der Waals surface area contributed by atoms with Crippen molar-refractivity contribution in [3.05, 3.63) is 83.2 Å². The number of nitriles is 2. The Bertz CT molecular complexity index is 1340. The molecule has 0 bridgehead atoms. The van der Waals surface area contributed by atoms with Gasteiger partial charge in [0.2, 0.25) is 0 Å². The number of anilines is 1. The first kappa shape index (κ1) is 25.8. The average molecular weight is 483 g/mol. The van der Waals surface area contributed by atoms with Gasteiger partial charge in [-0.25, -0.2) is 4.79 Å². The van der Waals surface area contributed by atoms with Gasteiger partial charge in [0.1, 0.15) is 17.4 Å². The fourth-order valence-electron chi connectivity index (χ4n) is 3.81. The number of methoxy groups -OCH3 is 1. The van der Waals surface area contributed by atoms with Gasteiger partial charge in [-0.1, -0.05) is 18.2 Å². The number of amides is 1. The lowest BCUT2D eigenvalue weighted by Crippen LogP contribution is -2.35. The maximum Gasteiger partial charge on any atom is 0.349 e. The van der Waals surface area contributed by atoms with Crippen LogP contribution in [0, 0.1) is 36.5 Å². The second-order valence-corrected chi connectivity index (χ2v) is 7.89. The van der Waals surface area contributed by atoms with Gasteiger partial charge in [0.25, 0.3) is 5.91 Å². The maximum atomic E-state index is 12.8. The lowest BCUT2D eigenvalue weighted by Gasteiger charge is -2.21. The number of ether oxygens (including phenoxy) is 2. The summed E-state index contributed by atoms with van der Waals surface area (Å²) >= 11 is 0. The number of benzene rings is 2. The highest BCUT2D eigenvalue weighted by Gasteiger charge is 2.20. The molecule has 182 valence electrons. The molecule has 2 aromatic carbocycles. The highest BCUT2D eigenvalue weighted by atomic mass is 16.5. The molecule has 1 aromatic heterocycles. The highest BCUT2D eigenvalue weighted by Crippen LogP contribution is 2.24. The molecule has 0 atom stereocenters. The Balaban J connectivity index is 1.76. The van der Waals surface area contributed by atoms with Crippen molar-refractivity contribution in [3.8, 4) is 23.6 Å². The molecule has 0 radical (unpaired) electrons. The number of hydrogen-bond donors (Lipinski definition) is 0. The van der Waals surface area contributed by atoms with Crippen molar-refractivity contribution in [2.24, 2.45) is 0 Å². The minimum Gasteiger partial charge on any atom is -0.497 e. The van der Waals surface area contributed by atoms with E-state index in [9.17, 15) is 14.9 Å². The molecule has 0 spiro atoms. The van der Waals surface area contributed by atoms with Gasteiger partial charge in [0.05, 0.1) is 19.6 Å². The van der Waals surface area contributed by atoms with Crippen LogP contribution < -0.4 is 9.64 Å². The van der Waals surface area contributed by atoms with E-state index in [0.717, 1.165) is 22.8 Å². The summed E-state index contributed by atoms with van der Waals surface area (Å²) in [5, 5.41) is 18.5. The Hall–Kier alpha value is -4.82. The quantitative estimate of drug-likeness (QED) is 0.252. The summed E-state index contributed by atoms with van der Waals surface area (Å²) in [6.45, 7) is 3.43. The fraction of sp³-hybridized carbons (Fsp3) is 0.214. The van der Waals surface area contributed by atoms with E-state index >= 15 is 0 Å². The van der Waals surface area contributed by atoms with Crippen LogP contribution in [0.4, 0.5) is 5.69 Å². The van der Waals surface area contributed by atoms with Gasteiger partial charge in [0, 0.05) is 29.3 Å². The zero-order valence-electron chi connectivity index (χ0n) is 20.4. The van der Waals surface area contributed by atoms with Crippen LogP contribution >= 0.6 is 0 Å². The summed E-state index contributed by atoms with van der Waals surface area (Å²) in [5.74, 6) is -0.642. The molecule has 0 saturated heterocycles. The molecule has 0 aliphatic heterocycles. The largest absolute Gasteiger partial charge is 0.497 e. The molecule has 8 heteroatoms. The van der Waals surface area contributed by atoms with E-state index in [1.54, 1.807) is 31.4 Å². The van der Waals surface area contributed by atoms with Crippen molar-refractivity contribution in [2.75, 3.05) is 25.2 Å². The van der Waals surface area contributed by atoms with Crippen LogP contribution in [-0.2, 0) is 14.3 Å². The smallest absolute Gasteiger partial charge is 0.349 e. The Morgan fingerprint density at radius 1 is 1.06 bits per heavy atom. The van der Waals surface area contributed by atoms with Crippen molar-refractivity contribution in [3.63, 3.8) is 0 Å². The van der Waals surface area contributed by atoms with Crippen LogP contribution in [0.2, 0.25) is 0 Å². The zero-order valence-corrected chi connectivity index (χ0v) is 20.4. The molecule has 0 fully saturated rings. The Kier molecular flexibility index (Phi) is 8.63. The monoisotopic (exact) mass is 482 g/mol. The number of aryl methyl sites for hydroxylation is 1. The normalized spacial score (nSPS) is 10.8. The zero-order chi connectivity index (χ0) is 26.1. The first-order valence-electron chi connectivity index (χ1n) is 11.2. The van der Waals surface area contributed by atoms with Crippen LogP contribution in [0.25, 0.3) is 11.8 Å². The molecule has 1 heterocycles. The molecule has 3 aromatic rings. The van der Waals surface area contributed by atoms with Gasteiger partial charge in [-0.15, -0.1) is 0 Å². The van der Waals surface area contributed by atoms with Crippen LogP contribution in [0.5, 0.6) is 5.75 Å². The van der Waals surface area contributed by atoms with E-state index in [2.05, 4.69) is 0 Å². The molecule has 3 rings (SSSR count). The third-order valence-electron chi connectivity index (χ3n) is 5.58. The highest BCUT2D eigenvalue weighted by molar-refractivity contribution is 6.00. The maximum absolute atomic E-state index is 12.8. The molecule has 0 unspecified atom stereocenters. The number of nitrogens with zero attached hydrogens (tertiary/aromatic N) is 4. The fourth-order valence-corrected chi connectivity index (χ4v) is 3.81. The van der Waals surface area contributed by atoms with Gasteiger partial charge in [0.15, 0.2) is 6.61 Å². The van der Waals surface area contributed by atoms with E-state index in [0.29, 0.717) is 11.3 Å². The molecule has 36 heavy (non-hydrogen) atoms. The molecule has 0 N–H and O–H groups in total. The van der Waals surface area contributed by atoms with Gasteiger partial charge < -0.3 is 18.9 Å². The van der Waals surface area contributed by atoms with E-state index in [4.69, 9.17) is 14.7 Å². The average Bonchev–Trinajstić information content (AvgIpc) is 3.18. The second kappa shape index (κ2) is 12.0. The number of carbonyl (C=O) groups excluding carboxylic acids is 2. The number of carbonyl (C=O) groups is 2. The minimum atomic E-state index is -0.895. The number of para-hydroxylation sites is 1. The van der Waals surface area contributed by atoms with Gasteiger partial charge in [-0.05, 0) is 68.0 Å². The minimum absolute atomic E-state index is 0.127. The molecular formula is C28H26N4O4. The molecule has 0 aliphatic rings. The van der Waals surface area contributed by atoms with Gasteiger partial charge in [-0.3, -0.25) is 4.79 Å². The van der Waals surface area contributed by atoms with Crippen molar-refractivity contribution in [2.45, 2.75) is 20.3 Å². The third kappa shape index (κ3) is 5.99. The first-order chi connectivity index (χ1) is 17.4. The number of aromatic nitrogens is 1. The lowest BCUT2D eigenvalue weighted by molar-refractivity contribution is -0.143. The summed E-state index contributed by atoms with van der Waals surface area (Å²) < 4.78 is 12.4. The third-order valence-corrected chi connectivity index (χ3v) is 5.58. The predicted octanol–water partition coefficient (Wildman–Crippen LogP) is 4.50. The van der Waals surface area contributed by atoms with Crippen molar-refractivity contribution in [1.29, 1.82) is 10.5 Å². The van der Waals surface area contributed by atoms with Crippen molar-refractivity contribution >= 4 is 23.6 Å². The van der Waals surface area contributed by atoms with Crippen LogP contribution in [-0.4, -0.2) is 36.7 Å². The van der Waals surface area contributed by atoms with Crippen molar-refractivity contribution < 1.29 is 19.1 Å². The van der Waals surface area contributed by atoms with Crippen LogP contribution in [0.15, 0.2) is 66.2 Å². The molecule has 0 aliphatic carbocycles. The number of rotatable bonds is 9. The standard InChI is InChI=1S/C28H26N4O4/c1-20-16-22(21(2)32(20)25-10-12-26(35-3)13-11-25)17-23(18-30)28(34)36-19-27(33)31(15-7-14-29)24-8-5-4-6-9-24/h4-6,8-13,16-17H,7,15,19H2,1-3H3/b23-17+. The van der Waals surface area contributed by atoms with Crippen LogP contribution in [0.1, 0.15) is 23.4 Å². The summed E-state index contributed by atoms with van der Waals surface area (Å²) in [6.07, 6.45) is 1.58. The van der Waals surface area contributed by atoms with Gasteiger partial charge >= 0.3 is 5.97 Å². The second-order valence-electron chi connectivity index (χ2n) is 7.89. The summed E-state index contributed by atoms with van der Waals surface area (Å²) in [6, 6.07) is 22.1. The van der Waals surface area contributed by atoms with E-state index in [1.165, 1.54) is 11.0 Å². The molecule has 1 amide bonds. The summed E-state index contributed by atoms with van der Waals surface area (Å²) in [4.78, 5) is 26.8. The van der Waals surface area contributed by atoms with E-state index in [1.807, 2.05) is 67.0 Å². The number of esters is 1. The summed E-state index contributed by atoms with van der Waals surface area (Å²) in [7, 11) is 1.60. The first-order valence-corrected chi connectivity index (χ1v) is 11.2. The topological polar surface area (TPSA) is 108 Å². The SMILES string of the molecule is COc1ccc(-n2c(C)cc(/C=C(\C#N)C(=O)OCC(=O)N(CCC#N)c3ccccc3)c2C)cc1.